The van der Waals surface area contributed by atoms with E-state index < -0.39 is 11.9 Å². The minimum absolute atomic E-state index is 0. The molecule has 0 aliphatic rings. The molecule has 0 aromatic rings. The molecule has 0 saturated carbocycles. The van der Waals surface area contributed by atoms with Gasteiger partial charge in [0.2, 0.25) is 0 Å². The molecule has 0 amide bonds. The Kier molecular flexibility index (Phi) is 33.9. The summed E-state index contributed by atoms with van der Waals surface area (Å²) >= 11 is 0. The van der Waals surface area contributed by atoms with Gasteiger partial charge in [0.15, 0.2) is 0 Å². The third-order valence-corrected chi connectivity index (χ3v) is 4.99. The summed E-state index contributed by atoms with van der Waals surface area (Å²) in [5, 5.41) is 16.8. The Bertz CT molecular complexity index is 303. The van der Waals surface area contributed by atoms with Gasteiger partial charge in [0, 0.05) is 29.9 Å². The van der Waals surface area contributed by atoms with Crippen LogP contribution < -0.4 is 0 Å². The maximum atomic E-state index is 10.2. The summed E-state index contributed by atoms with van der Waals surface area (Å²) in [4.78, 5) is 20.4. The Morgan fingerprint density at radius 3 is 0.862 bits per heavy atom. The summed E-state index contributed by atoms with van der Waals surface area (Å²) in [6.07, 6.45) is 23.0. The number of aliphatic carboxylic acids is 2. The maximum Gasteiger partial charge on any atom is 0.303 e. The zero-order valence-corrected chi connectivity index (χ0v) is 20.1. The van der Waals surface area contributed by atoms with Gasteiger partial charge in [-0.05, 0) is 12.8 Å². The minimum atomic E-state index is -0.659. The summed E-state index contributed by atoms with van der Waals surface area (Å²) in [7, 11) is 0. The fraction of sp³-hybridized carbons (Fsp3) is 0.917. The summed E-state index contributed by atoms with van der Waals surface area (Å²) in [5.74, 6) is -1.32. The van der Waals surface area contributed by atoms with Crippen molar-refractivity contribution >= 4 is 11.9 Å². The van der Waals surface area contributed by atoms with Crippen LogP contribution in [0.25, 0.3) is 0 Å². The van der Waals surface area contributed by atoms with E-state index in [1.807, 2.05) is 0 Å². The van der Waals surface area contributed by atoms with Crippen molar-refractivity contribution in [3.8, 4) is 0 Å². The van der Waals surface area contributed by atoms with Crippen LogP contribution in [-0.2, 0) is 26.7 Å². The molecule has 0 aromatic heterocycles. The van der Waals surface area contributed by atoms with E-state index in [-0.39, 0.29) is 17.1 Å². The monoisotopic (exact) mass is 463 g/mol. The van der Waals surface area contributed by atoms with Gasteiger partial charge in [-0.25, -0.2) is 0 Å². The smallest absolute Gasteiger partial charge is 0.303 e. The van der Waals surface area contributed by atoms with Crippen molar-refractivity contribution in [1.29, 1.82) is 0 Å². The molecular weight excluding hydrogens is 416 g/mol. The normalized spacial score (nSPS) is 10.0. The van der Waals surface area contributed by atoms with Crippen molar-refractivity contribution in [3.63, 3.8) is 0 Å². The van der Waals surface area contributed by atoms with Gasteiger partial charge in [-0.1, -0.05) is 117 Å². The second-order valence-corrected chi connectivity index (χ2v) is 7.94. The van der Waals surface area contributed by atoms with E-state index in [4.69, 9.17) is 10.2 Å². The average molecular weight is 464 g/mol. The van der Waals surface area contributed by atoms with Crippen LogP contribution in [-0.4, -0.2) is 22.2 Å². The summed E-state index contributed by atoms with van der Waals surface area (Å²) < 4.78 is 0. The van der Waals surface area contributed by atoms with E-state index in [1.165, 1.54) is 89.9 Å². The summed E-state index contributed by atoms with van der Waals surface area (Å²) in [6.45, 7) is 4.46. The summed E-state index contributed by atoms with van der Waals surface area (Å²) in [6, 6.07) is 0. The first-order valence-electron chi connectivity index (χ1n) is 12.0. The van der Waals surface area contributed by atoms with Crippen molar-refractivity contribution < 1.29 is 36.9 Å². The van der Waals surface area contributed by atoms with Crippen LogP contribution in [0.4, 0.5) is 0 Å². The number of hydrogen-bond acceptors (Lipinski definition) is 2. The Balaban J connectivity index is -0.000000451. The van der Waals surface area contributed by atoms with Crippen LogP contribution in [0.3, 0.4) is 0 Å². The van der Waals surface area contributed by atoms with E-state index in [9.17, 15) is 9.59 Å². The molecule has 179 valence electrons. The van der Waals surface area contributed by atoms with E-state index in [1.54, 1.807) is 0 Å². The molecule has 0 aromatic carbocycles. The third-order valence-electron chi connectivity index (χ3n) is 4.99. The molecule has 5 heteroatoms. The second kappa shape index (κ2) is 29.7. The van der Waals surface area contributed by atoms with Gasteiger partial charge in [-0.3, -0.25) is 9.59 Å². The predicted octanol–water partition coefficient (Wildman–Crippen LogP) is 7.98. The first-order valence-corrected chi connectivity index (χ1v) is 12.0. The molecular formula is C24H48CuO4. The van der Waals surface area contributed by atoms with E-state index in [2.05, 4.69) is 13.8 Å². The molecule has 0 fully saturated rings. The molecule has 0 bridgehead atoms. The van der Waals surface area contributed by atoms with Crippen LogP contribution in [0, 0.1) is 0 Å². The first kappa shape index (κ1) is 33.1. The number of hydrogen-bond donors (Lipinski definition) is 2. The van der Waals surface area contributed by atoms with Crippen LogP contribution in [0.1, 0.15) is 142 Å². The van der Waals surface area contributed by atoms with Crippen molar-refractivity contribution in [3.05, 3.63) is 0 Å². The van der Waals surface area contributed by atoms with Gasteiger partial charge < -0.3 is 10.2 Å². The maximum absolute atomic E-state index is 10.2. The predicted molar refractivity (Wildman–Crippen MR) is 119 cm³/mol. The number of carboxylic acid groups (broad SMARTS) is 2. The fourth-order valence-corrected chi connectivity index (χ4v) is 3.17. The Labute approximate surface area is 191 Å². The first-order chi connectivity index (χ1) is 13.5. The Morgan fingerprint density at radius 1 is 0.448 bits per heavy atom. The molecule has 29 heavy (non-hydrogen) atoms. The minimum Gasteiger partial charge on any atom is -0.481 e. The van der Waals surface area contributed by atoms with E-state index >= 15 is 0 Å². The third kappa shape index (κ3) is 38.7. The van der Waals surface area contributed by atoms with Gasteiger partial charge in [-0.15, -0.1) is 0 Å². The van der Waals surface area contributed by atoms with Crippen LogP contribution >= 0.6 is 0 Å². The molecule has 1 radical (unpaired) electrons. The van der Waals surface area contributed by atoms with E-state index in [0.717, 1.165) is 25.7 Å². The molecule has 0 atom stereocenters. The number of carbonyl (C=O) groups is 2. The second-order valence-electron chi connectivity index (χ2n) is 7.94. The number of rotatable bonds is 20. The van der Waals surface area contributed by atoms with Gasteiger partial charge >= 0.3 is 11.9 Å². The van der Waals surface area contributed by atoms with Crippen LogP contribution in [0.2, 0.25) is 0 Å². The summed E-state index contributed by atoms with van der Waals surface area (Å²) in [5.41, 5.74) is 0. The average Bonchev–Trinajstić information content (AvgIpc) is 2.65. The molecule has 4 nitrogen and oxygen atoms in total. The topological polar surface area (TPSA) is 74.6 Å². The molecule has 0 heterocycles. The molecule has 0 aliphatic heterocycles. The van der Waals surface area contributed by atoms with Gasteiger partial charge in [-0.2, -0.15) is 0 Å². The molecule has 2 N–H and O–H groups in total. The van der Waals surface area contributed by atoms with Crippen LogP contribution in [0.5, 0.6) is 0 Å². The van der Waals surface area contributed by atoms with E-state index in [0.29, 0.717) is 12.8 Å². The Hall–Kier alpha value is -0.541. The molecule has 0 rings (SSSR count). The molecule has 0 spiro atoms. The largest absolute Gasteiger partial charge is 0.481 e. The van der Waals surface area contributed by atoms with Gasteiger partial charge in [0.05, 0.1) is 0 Å². The van der Waals surface area contributed by atoms with Crippen LogP contribution in [0.15, 0.2) is 0 Å². The number of carboxylic acids is 2. The van der Waals surface area contributed by atoms with Gasteiger partial charge in [0.25, 0.3) is 0 Å². The molecule has 0 aliphatic carbocycles. The SMILES string of the molecule is CCCCCCCCCCCC(=O)O.CCCCCCCCCCCC(=O)O.[Cu]. The van der Waals surface area contributed by atoms with Crippen molar-refractivity contribution in [2.75, 3.05) is 0 Å². The molecule has 0 unspecified atom stereocenters. The Morgan fingerprint density at radius 2 is 0.655 bits per heavy atom. The zero-order valence-electron chi connectivity index (χ0n) is 19.2. The standard InChI is InChI=1S/2C12H24O2.Cu/c2*1-2-3-4-5-6-7-8-9-10-11-12(13)14;/h2*2-11H2,1H3,(H,13,14);. The molecule has 0 saturated heterocycles. The van der Waals surface area contributed by atoms with Crippen molar-refractivity contribution in [2.24, 2.45) is 0 Å². The van der Waals surface area contributed by atoms with Crippen molar-refractivity contribution in [2.45, 2.75) is 142 Å². The fourth-order valence-electron chi connectivity index (χ4n) is 3.17. The zero-order chi connectivity index (χ0) is 21.3. The quantitative estimate of drug-likeness (QED) is 0.142. The van der Waals surface area contributed by atoms with Crippen molar-refractivity contribution in [1.82, 2.24) is 0 Å². The number of unbranched alkanes of at least 4 members (excludes halogenated alkanes) is 16. The van der Waals surface area contributed by atoms with Gasteiger partial charge in [0.1, 0.15) is 0 Å².